The zero-order chi connectivity index (χ0) is 37.2. The fraction of sp³-hybridized carbons (Fsp3) is 0.822. The summed E-state index contributed by atoms with van der Waals surface area (Å²) in [6.45, 7) is 13.5. The third-order valence-corrected chi connectivity index (χ3v) is 10.2. The number of benzene rings is 1. The van der Waals surface area contributed by atoms with E-state index in [1.54, 1.807) is 0 Å². The van der Waals surface area contributed by atoms with Crippen molar-refractivity contribution in [1.29, 1.82) is 0 Å². The number of esters is 2. The number of rotatable bonds is 36. The molecule has 0 aliphatic carbocycles. The summed E-state index contributed by atoms with van der Waals surface area (Å²) in [7, 11) is 0. The number of hydrogen-bond donors (Lipinski definition) is 0. The molecule has 0 aliphatic heterocycles. The van der Waals surface area contributed by atoms with E-state index in [0.717, 1.165) is 76.1 Å². The summed E-state index contributed by atoms with van der Waals surface area (Å²) >= 11 is 0. The van der Waals surface area contributed by atoms with Crippen LogP contribution in [0.4, 0.5) is 0 Å². The normalized spacial score (nSPS) is 12.4. The molecule has 0 saturated heterocycles. The highest BCUT2D eigenvalue weighted by Crippen LogP contribution is 2.29. The molecular weight excluding hydrogens is 636 g/mol. The average Bonchev–Trinajstić information content (AvgIpc) is 3.13. The van der Waals surface area contributed by atoms with Crippen LogP contribution in [0.5, 0.6) is 11.5 Å². The highest BCUT2D eigenvalue weighted by Gasteiger charge is 2.11. The van der Waals surface area contributed by atoms with E-state index in [4.69, 9.17) is 18.9 Å². The van der Waals surface area contributed by atoms with Crippen LogP contribution in [0.3, 0.4) is 0 Å². The van der Waals surface area contributed by atoms with E-state index in [2.05, 4.69) is 46.8 Å². The van der Waals surface area contributed by atoms with Gasteiger partial charge in [0.2, 0.25) is 0 Å². The van der Waals surface area contributed by atoms with Gasteiger partial charge in [-0.15, -0.1) is 0 Å². The molecule has 1 aromatic carbocycles. The maximum absolute atomic E-state index is 12.1. The molecule has 51 heavy (non-hydrogen) atoms. The minimum Gasteiger partial charge on any atom is -0.490 e. The van der Waals surface area contributed by atoms with Crippen molar-refractivity contribution >= 4 is 11.9 Å². The summed E-state index contributed by atoms with van der Waals surface area (Å²) in [5, 5.41) is 0. The smallest absolute Gasteiger partial charge is 0.305 e. The molecule has 2 atom stereocenters. The first-order chi connectivity index (χ1) is 24.9. The first-order valence-electron chi connectivity index (χ1n) is 21.6. The fourth-order valence-corrected chi connectivity index (χ4v) is 6.44. The van der Waals surface area contributed by atoms with E-state index in [1.165, 1.54) is 108 Å². The minimum atomic E-state index is -0.0174. The molecule has 6 nitrogen and oxygen atoms in total. The van der Waals surface area contributed by atoms with Crippen LogP contribution in [0.1, 0.15) is 200 Å². The van der Waals surface area contributed by atoms with Crippen LogP contribution in [-0.2, 0) is 19.1 Å². The van der Waals surface area contributed by atoms with Crippen LogP contribution in [-0.4, -0.2) is 38.4 Å². The Bertz CT molecular complexity index is 962. The quantitative estimate of drug-likeness (QED) is 0.0508. The van der Waals surface area contributed by atoms with E-state index in [0.29, 0.717) is 37.9 Å². The largest absolute Gasteiger partial charge is 0.490 e. The molecular formula is C45H80O6. The zero-order valence-corrected chi connectivity index (χ0v) is 34.0. The van der Waals surface area contributed by atoms with Gasteiger partial charge in [0.15, 0.2) is 11.5 Å². The molecule has 0 fully saturated rings. The Morgan fingerprint density at radius 1 is 0.510 bits per heavy atom. The van der Waals surface area contributed by atoms with Gasteiger partial charge in [-0.25, -0.2) is 0 Å². The summed E-state index contributed by atoms with van der Waals surface area (Å²) in [5.74, 6) is 2.73. The molecule has 1 rings (SSSR count). The Kier molecular flexibility index (Phi) is 30.8. The molecule has 0 aromatic heterocycles. The number of ether oxygens (including phenoxy) is 4. The van der Waals surface area contributed by atoms with Crippen LogP contribution in [0, 0.1) is 18.8 Å². The Balaban J connectivity index is 2.02. The molecule has 1 aromatic rings. The Hall–Kier alpha value is -2.24. The van der Waals surface area contributed by atoms with Crippen molar-refractivity contribution in [3.05, 3.63) is 23.8 Å². The number of carbonyl (C=O) groups excluding carboxylic acids is 2. The fourth-order valence-electron chi connectivity index (χ4n) is 6.44. The molecule has 0 aliphatic rings. The molecule has 296 valence electrons. The molecule has 0 spiro atoms. The van der Waals surface area contributed by atoms with Gasteiger partial charge in [0, 0.05) is 12.8 Å². The molecule has 0 heterocycles. The van der Waals surface area contributed by atoms with Gasteiger partial charge in [0.1, 0.15) is 0 Å². The van der Waals surface area contributed by atoms with Crippen LogP contribution >= 0.6 is 0 Å². The van der Waals surface area contributed by atoms with Gasteiger partial charge in [-0.1, -0.05) is 149 Å². The third-order valence-electron chi connectivity index (χ3n) is 10.2. The van der Waals surface area contributed by atoms with Crippen molar-refractivity contribution in [2.45, 2.75) is 202 Å². The van der Waals surface area contributed by atoms with Crippen molar-refractivity contribution in [3.63, 3.8) is 0 Å². The monoisotopic (exact) mass is 717 g/mol. The van der Waals surface area contributed by atoms with Gasteiger partial charge in [0.05, 0.1) is 26.4 Å². The lowest BCUT2D eigenvalue weighted by molar-refractivity contribution is -0.146. The molecule has 0 amide bonds. The van der Waals surface area contributed by atoms with Crippen molar-refractivity contribution in [3.8, 4) is 11.5 Å². The van der Waals surface area contributed by atoms with Gasteiger partial charge in [-0.3, -0.25) is 9.59 Å². The second-order valence-electron chi connectivity index (χ2n) is 15.0. The van der Waals surface area contributed by atoms with Crippen LogP contribution < -0.4 is 9.47 Å². The predicted octanol–water partition coefficient (Wildman–Crippen LogP) is 13.3. The predicted molar refractivity (Wildman–Crippen MR) is 214 cm³/mol. The summed E-state index contributed by atoms with van der Waals surface area (Å²) in [6.07, 6.45) is 28.9. The van der Waals surface area contributed by atoms with Crippen LogP contribution in [0.25, 0.3) is 0 Å². The van der Waals surface area contributed by atoms with Crippen LogP contribution in [0.2, 0.25) is 0 Å². The molecule has 0 radical (unpaired) electrons. The third kappa shape index (κ3) is 27.1. The van der Waals surface area contributed by atoms with Gasteiger partial charge in [-0.2, -0.15) is 0 Å². The van der Waals surface area contributed by atoms with E-state index in [9.17, 15) is 9.59 Å². The summed E-state index contributed by atoms with van der Waals surface area (Å²) in [5.41, 5.74) is 1.19. The lowest BCUT2D eigenvalue weighted by Gasteiger charge is -2.14. The molecule has 0 bridgehead atoms. The maximum Gasteiger partial charge on any atom is 0.305 e. The van der Waals surface area contributed by atoms with Crippen molar-refractivity contribution in [2.75, 3.05) is 26.4 Å². The van der Waals surface area contributed by atoms with Gasteiger partial charge < -0.3 is 18.9 Å². The standard InChI is InChI=1S/C45H80O6/c1-6-10-28-40(8-3)37-50-44(46)30-24-20-16-12-14-18-22-26-34-48-42-33-32-39(5)36-43(42)49-35-27-23-19-15-13-17-21-25-31-45(47)51-38-41(9-4)29-11-7-2/h32-33,36,40-41H,6-31,34-35,37-38H2,1-5H3. The highest BCUT2D eigenvalue weighted by atomic mass is 16.5. The number of hydrogen-bond acceptors (Lipinski definition) is 6. The van der Waals surface area contributed by atoms with Crippen molar-refractivity contribution in [2.24, 2.45) is 11.8 Å². The van der Waals surface area contributed by atoms with Gasteiger partial charge >= 0.3 is 11.9 Å². The van der Waals surface area contributed by atoms with E-state index in [-0.39, 0.29) is 11.9 Å². The Morgan fingerprint density at radius 3 is 1.31 bits per heavy atom. The second-order valence-corrected chi connectivity index (χ2v) is 15.0. The summed E-state index contributed by atoms with van der Waals surface area (Å²) in [6, 6.07) is 6.23. The average molecular weight is 717 g/mol. The Morgan fingerprint density at radius 2 is 0.902 bits per heavy atom. The van der Waals surface area contributed by atoms with Crippen molar-refractivity contribution < 1.29 is 28.5 Å². The number of aryl methyl sites for hydroxylation is 1. The number of unbranched alkanes of at least 4 members (excludes halogenated alkanes) is 16. The van der Waals surface area contributed by atoms with E-state index < -0.39 is 0 Å². The van der Waals surface area contributed by atoms with Crippen LogP contribution in [0.15, 0.2) is 18.2 Å². The first-order valence-corrected chi connectivity index (χ1v) is 21.6. The Labute approximate surface area is 314 Å². The topological polar surface area (TPSA) is 71.1 Å². The molecule has 0 N–H and O–H groups in total. The van der Waals surface area contributed by atoms with Gasteiger partial charge in [0.25, 0.3) is 0 Å². The molecule has 0 saturated carbocycles. The van der Waals surface area contributed by atoms with Crippen molar-refractivity contribution in [1.82, 2.24) is 0 Å². The number of carbonyl (C=O) groups is 2. The minimum absolute atomic E-state index is 0.0174. The first kappa shape index (κ1) is 46.8. The second kappa shape index (κ2) is 33.6. The van der Waals surface area contributed by atoms with Gasteiger partial charge in [-0.05, 0) is 75.0 Å². The SMILES string of the molecule is CCCCC(CC)COC(=O)CCCCCCCCCCOc1ccc(C)cc1OCCCCCCCCCCC(=O)OCC(CC)CCCC. The van der Waals surface area contributed by atoms with E-state index >= 15 is 0 Å². The lowest BCUT2D eigenvalue weighted by atomic mass is 10.0. The maximum atomic E-state index is 12.1. The lowest BCUT2D eigenvalue weighted by Crippen LogP contribution is -2.13. The zero-order valence-electron chi connectivity index (χ0n) is 34.0. The van der Waals surface area contributed by atoms with E-state index in [1.807, 2.05) is 6.07 Å². The summed E-state index contributed by atoms with van der Waals surface area (Å²) < 4.78 is 23.3. The summed E-state index contributed by atoms with van der Waals surface area (Å²) in [4.78, 5) is 24.1. The molecule has 2 unspecified atom stereocenters. The highest BCUT2D eigenvalue weighted by molar-refractivity contribution is 5.69. The molecule has 6 heteroatoms.